The molecule has 0 bridgehead atoms. The lowest BCUT2D eigenvalue weighted by Gasteiger charge is -2.39. The molecule has 0 aromatic heterocycles. The molecule has 1 aliphatic carbocycles. The number of nitrogens with zero attached hydrogens (tertiary/aromatic N) is 2. The molecule has 1 unspecified atom stereocenters. The lowest BCUT2D eigenvalue weighted by Crippen LogP contribution is -2.49. The summed E-state index contributed by atoms with van der Waals surface area (Å²) < 4.78 is 11.3. The smallest absolute Gasteiger partial charge is 0.227 e. The van der Waals surface area contributed by atoms with Crippen LogP contribution >= 0.6 is 0 Å². The molecule has 0 spiro atoms. The van der Waals surface area contributed by atoms with Crippen LogP contribution in [0.15, 0.2) is 48.5 Å². The van der Waals surface area contributed by atoms with E-state index in [4.69, 9.17) is 9.47 Å². The van der Waals surface area contributed by atoms with Gasteiger partial charge in [-0.3, -0.25) is 4.79 Å². The van der Waals surface area contributed by atoms with Crippen LogP contribution in [0.25, 0.3) is 0 Å². The molecular weight excluding hydrogens is 376 g/mol. The number of carbonyl (C=O) groups excluding carboxylic acids is 1. The van der Waals surface area contributed by atoms with Gasteiger partial charge < -0.3 is 19.3 Å². The average molecular weight is 409 g/mol. The van der Waals surface area contributed by atoms with Gasteiger partial charge in [0.05, 0.1) is 7.11 Å². The van der Waals surface area contributed by atoms with Gasteiger partial charge in [-0.1, -0.05) is 30.3 Å². The van der Waals surface area contributed by atoms with Crippen molar-refractivity contribution >= 4 is 11.6 Å². The molecule has 0 radical (unpaired) electrons. The first kappa shape index (κ1) is 20.7. The molecule has 4 rings (SSSR count). The van der Waals surface area contributed by atoms with Crippen LogP contribution in [0, 0.1) is 5.92 Å². The SMILES string of the molecule is COc1ccccc1OCCN(C)CC1CCc2ccccc2N1C(=O)CC1CC1. The predicted octanol–water partition coefficient (Wildman–Crippen LogP) is 4.15. The van der Waals surface area contributed by atoms with Gasteiger partial charge in [0.15, 0.2) is 11.5 Å². The van der Waals surface area contributed by atoms with E-state index in [1.807, 2.05) is 30.3 Å². The topological polar surface area (TPSA) is 42.0 Å². The molecule has 1 aliphatic heterocycles. The van der Waals surface area contributed by atoms with Gasteiger partial charge in [-0.25, -0.2) is 0 Å². The van der Waals surface area contributed by atoms with Crippen molar-refractivity contribution in [1.82, 2.24) is 4.90 Å². The number of anilines is 1. The maximum Gasteiger partial charge on any atom is 0.227 e. The van der Waals surface area contributed by atoms with Crippen LogP contribution < -0.4 is 14.4 Å². The van der Waals surface area contributed by atoms with Gasteiger partial charge in [-0.05, 0) is 62.4 Å². The summed E-state index contributed by atoms with van der Waals surface area (Å²) >= 11 is 0. The first-order valence-electron chi connectivity index (χ1n) is 11.0. The molecule has 0 saturated heterocycles. The molecule has 2 aromatic rings. The number of benzene rings is 2. The third-order valence-corrected chi connectivity index (χ3v) is 6.11. The Kier molecular flexibility index (Phi) is 6.58. The van der Waals surface area contributed by atoms with Crippen molar-refractivity contribution in [2.24, 2.45) is 5.92 Å². The highest BCUT2D eigenvalue weighted by Gasteiger charge is 2.34. The fourth-order valence-corrected chi connectivity index (χ4v) is 4.28. The molecule has 5 nitrogen and oxygen atoms in total. The van der Waals surface area contributed by atoms with Crippen molar-refractivity contribution in [3.63, 3.8) is 0 Å². The minimum Gasteiger partial charge on any atom is -0.493 e. The van der Waals surface area contributed by atoms with Crippen LogP contribution in [0.5, 0.6) is 11.5 Å². The Morgan fingerprint density at radius 1 is 1.07 bits per heavy atom. The second-order valence-corrected chi connectivity index (χ2v) is 8.49. The number of amides is 1. The van der Waals surface area contributed by atoms with Gasteiger partial charge in [-0.15, -0.1) is 0 Å². The molecule has 5 heteroatoms. The quantitative estimate of drug-likeness (QED) is 0.625. The molecule has 1 fully saturated rings. The first-order chi connectivity index (χ1) is 14.7. The van der Waals surface area contributed by atoms with E-state index in [9.17, 15) is 4.79 Å². The highest BCUT2D eigenvalue weighted by Crippen LogP contribution is 2.36. The molecule has 2 aliphatic rings. The maximum atomic E-state index is 13.1. The summed E-state index contributed by atoms with van der Waals surface area (Å²) in [5.41, 5.74) is 2.40. The zero-order chi connectivity index (χ0) is 20.9. The van der Waals surface area contributed by atoms with E-state index in [0.29, 0.717) is 18.9 Å². The number of fused-ring (bicyclic) bond motifs is 1. The van der Waals surface area contributed by atoms with E-state index < -0.39 is 0 Å². The van der Waals surface area contributed by atoms with E-state index in [-0.39, 0.29) is 11.9 Å². The van der Waals surface area contributed by atoms with E-state index in [0.717, 1.165) is 43.1 Å². The number of methoxy groups -OCH3 is 1. The van der Waals surface area contributed by atoms with Crippen molar-refractivity contribution in [2.75, 3.05) is 38.8 Å². The number of para-hydroxylation sites is 3. The number of carbonyl (C=O) groups is 1. The van der Waals surface area contributed by atoms with E-state index in [1.54, 1.807) is 7.11 Å². The Hall–Kier alpha value is -2.53. The van der Waals surface area contributed by atoms with Crippen LogP contribution in [0.3, 0.4) is 0 Å². The second kappa shape index (κ2) is 9.52. The van der Waals surface area contributed by atoms with Gasteiger partial charge in [0.25, 0.3) is 0 Å². The fourth-order valence-electron chi connectivity index (χ4n) is 4.28. The Bertz CT molecular complexity index is 865. The van der Waals surface area contributed by atoms with Gasteiger partial charge in [0, 0.05) is 31.2 Å². The summed E-state index contributed by atoms with van der Waals surface area (Å²) in [4.78, 5) is 17.5. The van der Waals surface area contributed by atoms with Crippen LogP contribution in [0.4, 0.5) is 5.69 Å². The number of aryl methyl sites for hydroxylation is 1. The largest absolute Gasteiger partial charge is 0.493 e. The minimum atomic E-state index is 0.211. The highest BCUT2D eigenvalue weighted by atomic mass is 16.5. The minimum absolute atomic E-state index is 0.211. The molecule has 2 aromatic carbocycles. The van der Waals surface area contributed by atoms with Crippen LogP contribution in [-0.4, -0.2) is 50.7 Å². The van der Waals surface area contributed by atoms with E-state index in [2.05, 4.69) is 35.0 Å². The second-order valence-electron chi connectivity index (χ2n) is 8.49. The number of rotatable bonds is 9. The molecule has 160 valence electrons. The summed E-state index contributed by atoms with van der Waals surface area (Å²) in [7, 11) is 3.76. The average Bonchev–Trinajstić information content (AvgIpc) is 3.57. The molecule has 30 heavy (non-hydrogen) atoms. The van der Waals surface area contributed by atoms with Gasteiger partial charge >= 0.3 is 0 Å². The summed E-state index contributed by atoms with van der Waals surface area (Å²) in [6.07, 6.45) is 5.12. The van der Waals surface area contributed by atoms with Gasteiger partial charge in [0.1, 0.15) is 6.61 Å². The summed E-state index contributed by atoms with van der Waals surface area (Å²) in [5.74, 6) is 2.40. The maximum absolute atomic E-state index is 13.1. The van der Waals surface area contributed by atoms with Crippen molar-refractivity contribution in [3.05, 3.63) is 54.1 Å². The van der Waals surface area contributed by atoms with E-state index in [1.165, 1.54) is 18.4 Å². The summed E-state index contributed by atoms with van der Waals surface area (Å²) in [5, 5.41) is 0. The van der Waals surface area contributed by atoms with E-state index >= 15 is 0 Å². The Morgan fingerprint density at radius 2 is 1.80 bits per heavy atom. The fraction of sp³-hybridized carbons (Fsp3) is 0.480. The van der Waals surface area contributed by atoms with Crippen LogP contribution in [-0.2, 0) is 11.2 Å². The lowest BCUT2D eigenvalue weighted by molar-refractivity contribution is -0.119. The molecule has 1 heterocycles. The Balaban J connectivity index is 1.37. The van der Waals surface area contributed by atoms with Crippen molar-refractivity contribution in [2.45, 2.75) is 38.1 Å². The van der Waals surface area contributed by atoms with Crippen molar-refractivity contribution in [3.8, 4) is 11.5 Å². The number of hydrogen-bond donors (Lipinski definition) is 0. The molecule has 1 amide bonds. The van der Waals surface area contributed by atoms with Crippen molar-refractivity contribution < 1.29 is 14.3 Å². The number of ether oxygens (including phenoxy) is 2. The molecular formula is C25H32N2O3. The first-order valence-corrected chi connectivity index (χ1v) is 11.0. The van der Waals surface area contributed by atoms with Crippen LogP contribution in [0.1, 0.15) is 31.2 Å². The summed E-state index contributed by atoms with van der Waals surface area (Å²) in [6, 6.07) is 16.3. The van der Waals surface area contributed by atoms with Crippen molar-refractivity contribution in [1.29, 1.82) is 0 Å². The number of hydrogen-bond acceptors (Lipinski definition) is 4. The predicted molar refractivity (Wildman–Crippen MR) is 119 cm³/mol. The normalized spacial score (nSPS) is 18.2. The Labute approximate surface area is 179 Å². The third kappa shape index (κ3) is 4.96. The molecule has 1 saturated carbocycles. The lowest BCUT2D eigenvalue weighted by atomic mass is 9.94. The van der Waals surface area contributed by atoms with Gasteiger partial charge in [-0.2, -0.15) is 0 Å². The zero-order valence-electron chi connectivity index (χ0n) is 18.0. The zero-order valence-corrected chi connectivity index (χ0v) is 18.0. The monoisotopic (exact) mass is 408 g/mol. The molecule has 1 atom stereocenters. The third-order valence-electron chi connectivity index (χ3n) is 6.11. The summed E-state index contributed by atoms with van der Waals surface area (Å²) in [6.45, 7) is 2.22. The van der Waals surface area contributed by atoms with Crippen LogP contribution in [0.2, 0.25) is 0 Å². The Morgan fingerprint density at radius 3 is 2.57 bits per heavy atom. The number of likely N-dealkylation sites (N-methyl/N-ethyl adjacent to an activating group) is 1. The molecule has 0 N–H and O–H groups in total. The van der Waals surface area contributed by atoms with Gasteiger partial charge in [0.2, 0.25) is 5.91 Å². The highest BCUT2D eigenvalue weighted by molar-refractivity contribution is 5.95. The standard InChI is InChI=1S/C25H32N2O3/c1-26(15-16-30-24-10-6-5-9-23(24)29-2)18-21-14-13-20-7-3-4-8-22(20)27(21)25(28)17-19-11-12-19/h3-10,19,21H,11-18H2,1-2H3.